The van der Waals surface area contributed by atoms with Crippen LogP contribution in [0.2, 0.25) is 5.02 Å². The number of ether oxygens (including phenoxy) is 1. The van der Waals surface area contributed by atoms with Gasteiger partial charge in [0.25, 0.3) is 0 Å². The molecular formula is C9H8ClN3O4S. The van der Waals surface area contributed by atoms with Gasteiger partial charge in [0.1, 0.15) is 11.0 Å². The van der Waals surface area contributed by atoms with Gasteiger partial charge in [-0.2, -0.15) is 5.26 Å². The van der Waals surface area contributed by atoms with Crippen molar-refractivity contribution in [3.8, 4) is 6.07 Å². The molecule has 0 saturated carbocycles. The SMILES string of the molecule is N#CCOC(=O)c1cc(S(N)(=O)=O)c(Cl)cc1N. The Morgan fingerprint density at radius 3 is 2.61 bits per heavy atom. The largest absolute Gasteiger partial charge is 0.447 e. The molecule has 0 heterocycles. The highest BCUT2D eigenvalue weighted by Gasteiger charge is 2.20. The van der Waals surface area contributed by atoms with Crippen LogP contribution in [0.5, 0.6) is 0 Å². The Labute approximate surface area is 108 Å². The predicted octanol–water partition coefficient (Wildman–Crippen LogP) is 0.250. The maximum Gasteiger partial charge on any atom is 0.341 e. The number of rotatable bonds is 3. The minimum Gasteiger partial charge on any atom is -0.447 e. The molecule has 0 saturated heterocycles. The van der Waals surface area contributed by atoms with Crippen LogP contribution < -0.4 is 10.9 Å². The second-order valence-corrected chi connectivity index (χ2v) is 5.09. The zero-order valence-corrected chi connectivity index (χ0v) is 10.5. The first-order valence-corrected chi connectivity index (χ1v) is 6.35. The van der Waals surface area contributed by atoms with Gasteiger partial charge in [0.2, 0.25) is 10.0 Å². The van der Waals surface area contributed by atoms with Crippen molar-refractivity contribution in [1.82, 2.24) is 0 Å². The van der Waals surface area contributed by atoms with Crippen molar-refractivity contribution in [3.63, 3.8) is 0 Å². The molecule has 4 N–H and O–H groups in total. The summed E-state index contributed by atoms with van der Waals surface area (Å²) in [6.45, 7) is -0.481. The van der Waals surface area contributed by atoms with Crippen LogP contribution in [0.15, 0.2) is 17.0 Å². The summed E-state index contributed by atoms with van der Waals surface area (Å²) >= 11 is 5.65. The molecule has 1 aromatic rings. The monoisotopic (exact) mass is 289 g/mol. The highest BCUT2D eigenvalue weighted by atomic mass is 35.5. The quantitative estimate of drug-likeness (QED) is 0.604. The van der Waals surface area contributed by atoms with Gasteiger partial charge < -0.3 is 10.5 Å². The van der Waals surface area contributed by atoms with Gasteiger partial charge in [-0.3, -0.25) is 0 Å². The van der Waals surface area contributed by atoms with Crippen molar-refractivity contribution in [1.29, 1.82) is 5.26 Å². The third-order valence-electron chi connectivity index (χ3n) is 1.90. The lowest BCUT2D eigenvalue weighted by molar-refractivity contribution is 0.0556. The van der Waals surface area contributed by atoms with Gasteiger partial charge in [0, 0.05) is 5.69 Å². The van der Waals surface area contributed by atoms with Crippen molar-refractivity contribution in [2.24, 2.45) is 5.14 Å². The van der Waals surface area contributed by atoms with E-state index in [9.17, 15) is 13.2 Å². The van der Waals surface area contributed by atoms with E-state index in [-0.39, 0.29) is 16.3 Å². The van der Waals surface area contributed by atoms with Crippen LogP contribution in [0.4, 0.5) is 5.69 Å². The molecule has 0 aliphatic heterocycles. The molecule has 0 atom stereocenters. The van der Waals surface area contributed by atoms with E-state index in [0.717, 1.165) is 12.1 Å². The Morgan fingerprint density at radius 2 is 2.11 bits per heavy atom. The predicted molar refractivity (Wildman–Crippen MR) is 63.1 cm³/mol. The van der Waals surface area contributed by atoms with E-state index in [2.05, 4.69) is 4.74 Å². The lowest BCUT2D eigenvalue weighted by atomic mass is 10.2. The summed E-state index contributed by atoms with van der Waals surface area (Å²) in [5.41, 5.74) is 5.21. The fourth-order valence-corrected chi connectivity index (χ4v) is 2.25. The number of primary sulfonamides is 1. The average Bonchev–Trinajstić information content (AvgIpc) is 2.24. The Balaban J connectivity index is 3.31. The summed E-state index contributed by atoms with van der Waals surface area (Å²) in [5, 5.41) is 13.0. The normalized spacial score (nSPS) is 10.7. The Kier molecular flexibility index (Phi) is 4.13. The van der Waals surface area contributed by atoms with Gasteiger partial charge in [-0.1, -0.05) is 11.6 Å². The van der Waals surface area contributed by atoms with E-state index in [0.29, 0.717) is 0 Å². The fraction of sp³-hybridized carbons (Fsp3) is 0.111. The number of nitrogens with two attached hydrogens (primary N) is 2. The van der Waals surface area contributed by atoms with Crippen LogP contribution in [0.3, 0.4) is 0 Å². The highest BCUT2D eigenvalue weighted by molar-refractivity contribution is 7.89. The van der Waals surface area contributed by atoms with Crippen molar-refractivity contribution >= 4 is 33.3 Å². The molecular weight excluding hydrogens is 282 g/mol. The van der Waals surface area contributed by atoms with Crippen molar-refractivity contribution in [2.75, 3.05) is 12.3 Å². The summed E-state index contributed by atoms with van der Waals surface area (Å²) < 4.78 is 26.9. The summed E-state index contributed by atoms with van der Waals surface area (Å²) in [6.07, 6.45) is 0. The first kappa shape index (κ1) is 14.2. The van der Waals surface area contributed by atoms with E-state index >= 15 is 0 Å². The zero-order valence-electron chi connectivity index (χ0n) is 8.88. The van der Waals surface area contributed by atoms with Crippen LogP contribution in [-0.4, -0.2) is 21.0 Å². The number of benzene rings is 1. The first-order chi connectivity index (χ1) is 8.27. The van der Waals surface area contributed by atoms with Crippen LogP contribution >= 0.6 is 11.6 Å². The van der Waals surface area contributed by atoms with E-state index in [1.165, 1.54) is 0 Å². The summed E-state index contributed by atoms with van der Waals surface area (Å²) in [5.74, 6) is -0.935. The third kappa shape index (κ3) is 3.10. The number of nitrogen functional groups attached to an aromatic ring is 1. The van der Waals surface area contributed by atoms with Crippen molar-refractivity contribution < 1.29 is 17.9 Å². The molecule has 0 radical (unpaired) electrons. The minimum absolute atomic E-state index is 0.0738. The molecule has 0 spiro atoms. The second-order valence-electron chi connectivity index (χ2n) is 3.15. The van der Waals surface area contributed by atoms with Crippen LogP contribution in [0, 0.1) is 11.3 Å². The first-order valence-electron chi connectivity index (χ1n) is 4.43. The lowest BCUT2D eigenvalue weighted by Crippen LogP contribution is -2.15. The van der Waals surface area contributed by atoms with Crippen LogP contribution in [-0.2, 0) is 14.8 Å². The topological polar surface area (TPSA) is 136 Å². The van der Waals surface area contributed by atoms with Crippen molar-refractivity contribution in [2.45, 2.75) is 4.90 Å². The van der Waals surface area contributed by atoms with Gasteiger partial charge in [0.05, 0.1) is 10.6 Å². The molecule has 7 nitrogen and oxygen atoms in total. The molecule has 0 fully saturated rings. The van der Waals surface area contributed by atoms with Gasteiger partial charge in [-0.25, -0.2) is 18.4 Å². The molecule has 0 amide bonds. The number of esters is 1. The van der Waals surface area contributed by atoms with Gasteiger partial charge in [-0.15, -0.1) is 0 Å². The van der Waals surface area contributed by atoms with Gasteiger partial charge >= 0.3 is 5.97 Å². The van der Waals surface area contributed by atoms with Crippen LogP contribution in [0.1, 0.15) is 10.4 Å². The number of halogens is 1. The maximum atomic E-state index is 11.5. The minimum atomic E-state index is -4.09. The Bertz CT molecular complexity index is 636. The summed E-state index contributed by atoms with van der Waals surface area (Å²) in [6, 6.07) is 3.57. The average molecular weight is 290 g/mol. The molecule has 0 bridgehead atoms. The molecule has 1 rings (SSSR count). The number of hydrogen-bond donors (Lipinski definition) is 2. The number of nitriles is 1. The Hall–Kier alpha value is -1.82. The fourth-order valence-electron chi connectivity index (χ4n) is 1.14. The van der Waals surface area contributed by atoms with Crippen molar-refractivity contribution in [3.05, 3.63) is 22.7 Å². The number of anilines is 1. The smallest absolute Gasteiger partial charge is 0.341 e. The third-order valence-corrected chi connectivity index (χ3v) is 3.27. The standard InChI is InChI=1S/C9H8ClN3O4S/c10-6-4-7(12)5(9(14)17-2-1-11)3-8(6)18(13,15)16/h3-4H,2,12H2,(H2,13,15,16). The number of nitrogens with zero attached hydrogens (tertiary/aromatic N) is 1. The van der Waals surface area contributed by atoms with E-state index in [4.69, 9.17) is 27.7 Å². The zero-order chi connectivity index (χ0) is 13.9. The number of sulfonamides is 1. The van der Waals surface area contributed by atoms with E-state index in [1.807, 2.05) is 0 Å². The molecule has 0 aromatic heterocycles. The number of carbonyl (C=O) groups excluding carboxylic acids is 1. The van der Waals surface area contributed by atoms with E-state index < -0.39 is 27.5 Å². The summed E-state index contributed by atoms with van der Waals surface area (Å²) in [7, 11) is -4.09. The highest BCUT2D eigenvalue weighted by Crippen LogP contribution is 2.26. The molecule has 1 aromatic carbocycles. The molecule has 96 valence electrons. The molecule has 0 aliphatic carbocycles. The number of carbonyl (C=O) groups is 1. The Morgan fingerprint density at radius 1 is 1.50 bits per heavy atom. The second kappa shape index (κ2) is 5.22. The van der Waals surface area contributed by atoms with Gasteiger partial charge in [-0.05, 0) is 12.1 Å². The lowest BCUT2D eigenvalue weighted by Gasteiger charge is -2.08. The van der Waals surface area contributed by atoms with Gasteiger partial charge in [0.15, 0.2) is 6.61 Å². The van der Waals surface area contributed by atoms with E-state index in [1.54, 1.807) is 6.07 Å². The molecule has 9 heteroatoms. The molecule has 18 heavy (non-hydrogen) atoms. The number of hydrogen-bond acceptors (Lipinski definition) is 6. The molecule has 0 unspecified atom stereocenters. The van der Waals surface area contributed by atoms with Crippen LogP contribution in [0.25, 0.3) is 0 Å². The molecule has 0 aliphatic rings. The summed E-state index contributed by atoms with van der Waals surface area (Å²) in [4.78, 5) is 11.0. The maximum absolute atomic E-state index is 11.5.